The fourth-order valence-corrected chi connectivity index (χ4v) is 2.53. The van der Waals surface area contributed by atoms with Crippen molar-refractivity contribution >= 4 is 32.5 Å². The molecule has 0 amide bonds. The lowest BCUT2D eigenvalue weighted by molar-refractivity contribution is 0.689. The predicted molar refractivity (Wildman–Crippen MR) is 88.6 cm³/mol. The summed E-state index contributed by atoms with van der Waals surface area (Å²) in [6.45, 7) is 1.24. The molecule has 0 fully saturated rings. The summed E-state index contributed by atoms with van der Waals surface area (Å²) in [5, 5.41) is 3.91. The van der Waals surface area contributed by atoms with Crippen LogP contribution in [0.2, 0.25) is 0 Å². The summed E-state index contributed by atoms with van der Waals surface area (Å²) in [4.78, 5) is 16.7. The fraction of sp³-hybridized carbons (Fsp3) is 0.125. The highest BCUT2D eigenvalue weighted by atomic mass is 79.9. The summed E-state index contributed by atoms with van der Waals surface area (Å²) < 4.78 is 2.51. The van der Waals surface area contributed by atoms with Gasteiger partial charge in [0.05, 0.1) is 17.2 Å². The molecular weight excluding hydrogens is 330 g/mol. The average Bonchev–Trinajstić information content (AvgIpc) is 2.51. The summed E-state index contributed by atoms with van der Waals surface area (Å²) in [5.74, 6) is 0. The lowest BCUT2D eigenvalue weighted by atomic mass is 10.2. The van der Waals surface area contributed by atoms with E-state index in [0.717, 1.165) is 15.7 Å². The van der Waals surface area contributed by atoms with E-state index in [1.807, 2.05) is 48.5 Å². The van der Waals surface area contributed by atoms with Crippen LogP contribution in [0.1, 0.15) is 0 Å². The Labute approximate surface area is 130 Å². The number of rotatable bonds is 4. The van der Waals surface area contributed by atoms with Crippen LogP contribution < -0.4 is 10.9 Å². The van der Waals surface area contributed by atoms with Crippen molar-refractivity contribution in [3.63, 3.8) is 0 Å². The molecule has 0 aliphatic carbocycles. The molecule has 5 heteroatoms. The first kappa shape index (κ1) is 13.8. The molecule has 2 aromatic carbocycles. The van der Waals surface area contributed by atoms with Gasteiger partial charge in [-0.2, -0.15) is 0 Å². The molecule has 4 nitrogen and oxygen atoms in total. The molecule has 106 valence electrons. The van der Waals surface area contributed by atoms with Gasteiger partial charge in [-0.3, -0.25) is 9.36 Å². The third-order valence-corrected chi connectivity index (χ3v) is 3.73. The second-order valence-corrected chi connectivity index (χ2v) is 5.61. The molecule has 3 rings (SSSR count). The summed E-state index contributed by atoms with van der Waals surface area (Å²) in [6, 6.07) is 15.5. The number of nitrogens with zero attached hydrogens (tertiary/aromatic N) is 2. The number of hydrogen-bond donors (Lipinski definition) is 1. The zero-order chi connectivity index (χ0) is 14.7. The van der Waals surface area contributed by atoms with Gasteiger partial charge in [0.1, 0.15) is 0 Å². The topological polar surface area (TPSA) is 46.9 Å². The Balaban J connectivity index is 1.78. The van der Waals surface area contributed by atoms with Crippen LogP contribution in [0.25, 0.3) is 10.9 Å². The van der Waals surface area contributed by atoms with E-state index in [4.69, 9.17) is 0 Å². The van der Waals surface area contributed by atoms with Gasteiger partial charge < -0.3 is 5.32 Å². The van der Waals surface area contributed by atoms with E-state index in [2.05, 4.69) is 26.2 Å². The Morgan fingerprint density at radius 1 is 1.14 bits per heavy atom. The number of hydrogen-bond acceptors (Lipinski definition) is 3. The Hall–Kier alpha value is -2.14. The number of halogens is 1. The number of nitrogens with one attached hydrogen (secondary N) is 1. The van der Waals surface area contributed by atoms with Crippen LogP contribution in [0.4, 0.5) is 5.69 Å². The third kappa shape index (κ3) is 3.13. The van der Waals surface area contributed by atoms with Crippen molar-refractivity contribution in [1.82, 2.24) is 9.55 Å². The van der Waals surface area contributed by atoms with Gasteiger partial charge in [-0.1, -0.05) is 34.1 Å². The molecule has 0 aliphatic rings. The molecule has 0 aliphatic heterocycles. The van der Waals surface area contributed by atoms with E-state index >= 15 is 0 Å². The number of aromatic nitrogens is 2. The quantitative estimate of drug-likeness (QED) is 0.790. The van der Waals surface area contributed by atoms with E-state index in [9.17, 15) is 4.79 Å². The molecular formula is C16H14BrN3O. The summed E-state index contributed by atoms with van der Waals surface area (Å²) in [7, 11) is 0. The van der Waals surface area contributed by atoms with Gasteiger partial charge in [0.25, 0.3) is 5.56 Å². The van der Waals surface area contributed by atoms with Crippen LogP contribution in [-0.2, 0) is 6.54 Å². The van der Waals surface area contributed by atoms with E-state index < -0.39 is 0 Å². The monoisotopic (exact) mass is 343 g/mol. The van der Waals surface area contributed by atoms with Crippen LogP contribution in [0.15, 0.2) is 64.1 Å². The molecule has 1 N–H and O–H groups in total. The van der Waals surface area contributed by atoms with Crippen molar-refractivity contribution in [3.05, 3.63) is 69.7 Å². The van der Waals surface area contributed by atoms with Crippen molar-refractivity contribution in [2.24, 2.45) is 0 Å². The van der Waals surface area contributed by atoms with Gasteiger partial charge in [-0.05, 0) is 30.3 Å². The third-order valence-electron chi connectivity index (χ3n) is 3.24. The highest BCUT2D eigenvalue weighted by molar-refractivity contribution is 9.10. The minimum atomic E-state index is -0.0174. The number of benzene rings is 2. The SMILES string of the molecule is O=c1c2cc(Br)ccc2ncn1CCNc1ccccc1. The minimum Gasteiger partial charge on any atom is -0.383 e. The lowest BCUT2D eigenvalue weighted by Crippen LogP contribution is -2.24. The molecule has 0 spiro atoms. The molecule has 1 aromatic heterocycles. The number of fused-ring (bicyclic) bond motifs is 1. The van der Waals surface area contributed by atoms with Gasteiger partial charge in [0, 0.05) is 23.2 Å². The highest BCUT2D eigenvalue weighted by Crippen LogP contribution is 2.14. The van der Waals surface area contributed by atoms with Crippen molar-refractivity contribution in [3.8, 4) is 0 Å². The van der Waals surface area contributed by atoms with Crippen molar-refractivity contribution < 1.29 is 0 Å². The van der Waals surface area contributed by atoms with Crippen LogP contribution in [0.5, 0.6) is 0 Å². The van der Waals surface area contributed by atoms with Gasteiger partial charge in [-0.25, -0.2) is 4.98 Å². The van der Waals surface area contributed by atoms with Crippen LogP contribution in [0, 0.1) is 0 Å². The Morgan fingerprint density at radius 2 is 1.95 bits per heavy atom. The maximum atomic E-state index is 12.4. The number of anilines is 1. The van der Waals surface area contributed by atoms with E-state index in [1.54, 1.807) is 10.9 Å². The number of para-hydroxylation sites is 1. The first-order valence-electron chi connectivity index (χ1n) is 6.68. The normalized spacial score (nSPS) is 10.7. The van der Waals surface area contributed by atoms with E-state index in [1.165, 1.54) is 0 Å². The maximum absolute atomic E-state index is 12.4. The van der Waals surface area contributed by atoms with E-state index in [-0.39, 0.29) is 5.56 Å². The molecule has 0 atom stereocenters. The Bertz CT molecular complexity index is 815. The standard InChI is InChI=1S/C16H14BrN3O/c17-12-6-7-15-14(10-12)16(21)20(11-19-15)9-8-18-13-4-2-1-3-5-13/h1-7,10-11,18H,8-9H2. The van der Waals surface area contributed by atoms with Gasteiger partial charge in [0.15, 0.2) is 0 Å². The summed E-state index contributed by atoms with van der Waals surface area (Å²) in [6.07, 6.45) is 1.60. The predicted octanol–water partition coefficient (Wildman–Crippen LogP) is 3.27. The smallest absolute Gasteiger partial charge is 0.261 e. The molecule has 1 heterocycles. The maximum Gasteiger partial charge on any atom is 0.261 e. The zero-order valence-corrected chi connectivity index (χ0v) is 12.9. The van der Waals surface area contributed by atoms with Gasteiger partial charge >= 0.3 is 0 Å². The first-order valence-corrected chi connectivity index (χ1v) is 7.47. The Morgan fingerprint density at radius 3 is 2.76 bits per heavy atom. The molecule has 0 radical (unpaired) electrons. The van der Waals surface area contributed by atoms with Crippen molar-refractivity contribution in [2.75, 3.05) is 11.9 Å². The van der Waals surface area contributed by atoms with Crippen LogP contribution in [-0.4, -0.2) is 16.1 Å². The molecule has 3 aromatic rings. The molecule has 0 unspecified atom stereocenters. The molecule has 0 bridgehead atoms. The largest absolute Gasteiger partial charge is 0.383 e. The second kappa shape index (κ2) is 6.10. The van der Waals surface area contributed by atoms with Crippen molar-refractivity contribution in [2.45, 2.75) is 6.54 Å². The molecule has 21 heavy (non-hydrogen) atoms. The fourth-order valence-electron chi connectivity index (χ4n) is 2.17. The lowest BCUT2D eigenvalue weighted by Gasteiger charge is -2.09. The highest BCUT2D eigenvalue weighted by Gasteiger charge is 2.04. The second-order valence-electron chi connectivity index (χ2n) is 4.70. The minimum absolute atomic E-state index is 0.0174. The molecule has 0 saturated heterocycles. The van der Waals surface area contributed by atoms with E-state index in [0.29, 0.717) is 18.5 Å². The molecule has 0 saturated carbocycles. The van der Waals surface area contributed by atoms with Crippen LogP contribution >= 0.6 is 15.9 Å². The first-order chi connectivity index (χ1) is 10.2. The van der Waals surface area contributed by atoms with Gasteiger partial charge in [0.2, 0.25) is 0 Å². The summed E-state index contributed by atoms with van der Waals surface area (Å²) in [5.41, 5.74) is 1.74. The Kier molecular flexibility index (Phi) is 4.01. The van der Waals surface area contributed by atoms with Gasteiger partial charge in [-0.15, -0.1) is 0 Å². The zero-order valence-electron chi connectivity index (χ0n) is 11.3. The average molecular weight is 344 g/mol. The van der Waals surface area contributed by atoms with Crippen LogP contribution in [0.3, 0.4) is 0 Å². The summed E-state index contributed by atoms with van der Waals surface area (Å²) >= 11 is 3.39. The van der Waals surface area contributed by atoms with Crippen molar-refractivity contribution in [1.29, 1.82) is 0 Å².